The minimum atomic E-state index is -3.79. The standard InChI is InChI=1S/C35H35N7O4S/c1-3-21-10-7-11-25(40-44)18-28(21)35(43)41-26-13-14-27(41)17-24(16-26)31-32(47(2,45)46)33(36)42-34(39-31)29(20-38-42)23-12-15-30(37-19-23)22-8-5-4-6-9-22/h4-9,11-12,15,18-20,24,26-27H,3,10,13-14,16-17,36H2,1-2H3. The van der Waals surface area contributed by atoms with Crippen molar-refractivity contribution in [1.29, 1.82) is 0 Å². The van der Waals surface area contributed by atoms with Gasteiger partial charge in [0.15, 0.2) is 15.5 Å². The second kappa shape index (κ2) is 12.0. The summed E-state index contributed by atoms with van der Waals surface area (Å²) >= 11 is 0. The molecule has 3 aliphatic rings. The van der Waals surface area contributed by atoms with Gasteiger partial charge in [0.1, 0.15) is 16.4 Å². The molecule has 2 saturated heterocycles. The summed E-state index contributed by atoms with van der Waals surface area (Å²) in [5, 5.41) is 7.54. The number of carbonyl (C=O) groups is 1. The number of rotatable bonds is 7. The van der Waals surface area contributed by atoms with E-state index in [0.717, 1.165) is 41.5 Å². The van der Waals surface area contributed by atoms with E-state index >= 15 is 0 Å². The van der Waals surface area contributed by atoms with Crippen LogP contribution in [0.2, 0.25) is 0 Å². The molecule has 1 aliphatic carbocycles. The van der Waals surface area contributed by atoms with Crippen LogP contribution in [0.5, 0.6) is 0 Å². The Balaban J connectivity index is 1.25. The predicted octanol–water partition coefficient (Wildman–Crippen LogP) is 6.00. The Bertz CT molecular complexity index is 2090. The number of hydrogen-bond acceptors (Lipinski definition) is 9. The maximum atomic E-state index is 14.1. The van der Waals surface area contributed by atoms with Gasteiger partial charge in [0, 0.05) is 52.7 Å². The first-order chi connectivity index (χ1) is 22.7. The number of aromatic nitrogens is 4. The zero-order valence-electron chi connectivity index (χ0n) is 26.2. The molecule has 2 unspecified atom stereocenters. The van der Waals surface area contributed by atoms with Crippen LogP contribution >= 0.6 is 0 Å². The Hall–Kier alpha value is -4.97. The molecule has 2 fully saturated rings. The second-order valence-corrected chi connectivity index (χ2v) is 14.4. The van der Waals surface area contributed by atoms with Gasteiger partial charge < -0.3 is 10.6 Å². The van der Waals surface area contributed by atoms with Crippen LogP contribution in [0.3, 0.4) is 0 Å². The van der Waals surface area contributed by atoms with Crippen LogP contribution in [0.4, 0.5) is 5.82 Å². The second-order valence-electron chi connectivity index (χ2n) is 12.5. The SMILES string of the molecule is CCC1=C(C(=O)N2C3CCC2CC(c2nc4c(-c5ccc(-c6ccccc6)nc5)cnn4c(N)c2S(C)(=O)=O)C3)C=C(N=O)C=CC1. The van der Waals surface area contributed by atoms with E-state index in [4.69, 9.17) is 10.7 Å². The van der Waals surface area contributed by atoms with Gasteiger partial charge in [0.05, 0.1) is 17.6 Å². The summed E-state index contributed by atoms with van der Waals surface area (Å²) < 4.78 is 27.9. The number of hydrogen-bond donors (Lipinski definition) is 1. The lowest BCUT2D eigenvalue weighted by molar-refractivity contribution is -0.131. The van der Waals surface area contributed by atoms with Crippen molar-refractivity contribution >= 4 is 27.2 Å². The number of nitroso groups, excluding NO2 is 1. The number of piperidine rings is 1. The lowest BCUT2D eigenvalue weighted by Gasteiger charge is -2.39. The Labute approximate surface area is 272 Å². The molecular weight excluding hydrogens is 614 g/mol. The van der Waals surface area contributed by atoms with Gasteiger partial charge in [-0.25, -0.2) is 13.4 Å². The normalized spacial score (nSPS) is 21.2. The van der Waals surface area contributed by atoms with Crippen molar-refractivity contribution in [2.45, 2.75) is 68.3 Å². The number of nitrogen functional groups attached to an aromatic ring is 1. The Kier molecular flexibility index (Phi) is 7.83. The van der Waals surface area contributed by atoms with Gasteiger partial charge >= 0.3 is 0 Å². The largest absolute Gasteiger partial charge is 0.382 e. The number of benzene rings is 1. The van der Waals surface area contributed by atoms with Crippen molar-refractivity contribution in [3.05, 3.63) is 101 Å². The third kappa shape index (κ3) is 5.46. The summed E-state index contributed by atoms with van der Waals surface area (Å²) in [7, 11) is -3.79. The van der Waals surface area contributed by atoms with Crippen LogP contribution in [0.1, 0.15) is 57.1 Å². The number of pyridine rings is 1. The molecule has 4 aromatic rings. The molecule has 11 nitrogen and oxygen atoms in total. The molecule has 1 amide bonds. The molecule has 2 aliphatic heterocycles. The first kappa shape index (κ1) is 30.7. The summed E-state index contributed by atoms with van der Waals surface area (Å²) in [5.74, 6) is -0.331. The zero-order valence-corrected chi connectivity index (χ0v) is 27.0. The predicted molar refractivity (Wildman–Crippen MR) is 180 cm³/mol. The minimum absolute atomic E-state index is 0.0150. The van der Waals surface area contributed by atoms with E-state index in [1.807, 2.05) is 60.4 Å². The molecule has 3 aromatic heterocycles. The quantitative estimate of drug-likeness (QED) is 0.239. The van der Waals surface area contributed by atoms with E-state index in [2.05, 4.69) is 15.3 Å². The van der Waals surface area contributed by atoms with Crippen molar-refractivity contribution in [2.75, 3.05) is 12.0 Å². The van der Waals surface area contributed by atoms with E-state index in [9.17, 15) is 18.1 Å². The Morgan fingerprint density at radius 3 is 2.43 bits per heavy atom. The number of fused-ring (bicyclic) bond motifs is 3. The van der Waals surface area contributed by atoms with Crippen molar-refractivity contribution in [2.24, 2.45) is 5.18 Å². The first-order valence-electron chi connectivity index (χ1n) is 15.8. The minimum Gasteiger partial charge on any atom is -0.382 e. The third-order valence-corrected chi connectivity index (χ3v) is 10.8. The maximum Gasteiger partial charge on any atom is 0.254 e. The van der Waals surface area contributed by atoms with Crippen LogP contribution in [-0.4, -0.2) is 57.1 Å². The highest BCUT2D eigenvalue weighted by Gasteiger charge is 2.46. The molecule has 2 atom stereocenters. The van der Waals surface area contributed by atoms with Crippen LogP contribution in [0, 0.1) is 4.91 Å². The average molecular weight is 650 g/mol. The highest BCUT2D eigenvalue weighted by Crippen LogP contribution is 2.46. The molecule has 1 aromatic carbocycles. The third-order valence-electron chi connectivity index (χ3n) is 9.62. The fourth-order valence-corrected chi connectivity index (χ4v) is 8.48. The zero-order chi connectivity index (χ0) is 32.9. The number of carbonyl (C=O) groups excluding carboxylic acids is 1. The molecule has 5 heterocycles. The first-order valence-corrected chi connectivity index (χ1v) is 17.7. The van der Waals surface area contributed by atoms with E-state index in [1.54, 1.807) is 24.5 Å². The number of allylic oxidation sites excluding steroid dienone is 3. The van der Waals surface area contributed by atoms with E-state index in [-0.39, 0.29) is 40.3 Å². The number of amides is 1. The lowest BCUT2D eigenvalue weighted by atomic mass is 9.87. The average Bonchev–Trinajstić information content (AvgIpc) is 3.53. The number of anilines is 1. The Morgan fingerprint density at radius 2 is 1.79 bits per heavy atom. The molecular formula is C35H35N7O4S. The molecule has 0 radical (unpaired) electrons. The molecule has 12 heteroatoms. The van der Waals surface area contributed by atoms with E-state index in [0.29, 0.717) is 48.2 Å². The molecule has 2 N–H and O–H groups in total. The van der Waals surface area contributed by atoms with Gasteiger partial charge in [0.25, 0.3) is 5.91 Å². The fraction of sp³-hybridized carbons (Fsp3) is 0.314. The number of sulfone groups is 1. The van der Waals surface area contributed by atoms with Crippen LogP contribution in [-0.2, 0) is 14.6 Å². The lowest BCUT2D eigenvalue weighted by Crippen LogP contribution is -2.47. The maximum absolute atomic E-state index is 14.1. The summed E-state index contributed by atoms with van der Waals surface area (Å²) in [6, 6.07) is 13.5. The molecule has 0 spiro atoms. The number of nitrogens with zero attached hydrogens (tertiary/aromatic N) is 6. The topological polar surface area (TPSA) is 153 Å². The smallest absolute Gasteiger partial charge is 0.254 e. The van der Waals surface area contributed by atoms with Crippen LogP contribution < -0.4 is 5.73 Å². The molecule has 47 heavy (non-hydrogen) atoms. The van der Waals surface area contributed by atoms with Crippen molar-refractivity contribution < 1.29 is 13.2 Å². The Morgan fingerprint density at radius 1 is 1.04 bits per heavy atom. The summed E-state index contributed by atoms with van der Waals surface area (Å²) in [6.07, 6.45) is 13.6. The van der Waals surface area contributed by atoms with Gasteiger partial charge in [-0.2, -0.15) is 9.61 Å². The molecule has 7 rings (SSSR count). The highest BCUT2D eigenvalue weighted by atomic mass is 32.2. The van der Waals surface area contributed by atoms with Gasteiger partial charge in [-0.1, -0.05) is 55.0 Å². The summed E-state index contributed by atoms with van der Waals surface area (Å²) in [4.78, 5) is 37.1. The van der Waals surface area contributed by atoms with Gasteiger partial charge in [0.2, 0.25) is 0 Å². The van der Waals surface area contributed by atoms with Crippen LogP contribution in [0.25, 0.3) is 28.0 Å². The highest BCUT2D eigenvalue weighted by molar-refractivity contribution is 7.91. The van der Waals surface area contributed by atoms with Gasteiger partial charge in [-0.3, -0.25) is 9.78 Å². The molecule has 0 saturated carbocycles. The van der Waals surface area contributed by atoms with E-state index in [1.165, 1.54) is 4.52 Å². The number of nitrogens with two attached hydrogens (primary N) is 1. The van der Waals surface area contributed by atoms with Gasteiger partial charge in [-0.15, -0.1) is 4.91 Å². The molecule has 2 bridgehead atoms. The van der Waals surface area contributed by atoms with Crippen molar-refractivity contribution in [3.63, 3.8) is 0 Å². The monoisotopic (exact) mass is 649 g/mol. The van der Waals surface area contributed by atoms with Crippen molar-refractivity contribution in [3.8, 4) is 22.4 Å². The summed E-state index contributed by atoms with van der Waals surface area (Å²) in [6.45, 7) is 2.00. The fourth-order valence-electron chi connectivity index (χ4n) is 7.42. The van der Waals surface area contributed by atoms with Gasteiger partial charge in [-0.05, 0) is 61.9 Å². The van der Waals surface area contributed by atoms with E-state index < -0.39 is 9.84 Å². The summed E-state index contributed by atoms with van der Waals surface area (Å²) in [5.41, 5.74) is 12.5. The van der Waals surface area contributed by atoms with Crippen LogP contribution in [0.15, 0.2) is 100 Å². The molecule has 240 valence electrons. The van der Waals surface area contributed by atoms with Crippen molar-refractivity contribution in [1.82, 2.24) is 24.5 Å².